The molecule has 0 spiro atoms. The van der Waals surface area contributed by atoms with Gasteiger partial charge in [0.05, 0.1) is 27.3 Å². The third-order valence-corrected chi connectivity index (χ3v) is 3.03. The van der Waals surface area contributed by atoms with Crippen LogP contribution in [0, 0.1) is 0 Å². The van der Waals surface area contributed by atoms with Crippen molar-refractivity contribution in [3.63, 3.8) is 0 Å². The van der Waals surface area contributed by atoms with Gasteiger partial charge in [0.15, 0.2) is 5.82 Å². The number of hydrogen-bond donors (Lipinski definition) is 1. The predicted octanol–water partition coefficient (Wildman–Crippen LogP) is 1.60. The number of ether oxygens (including phenoxy) is 2. The molecular formula is C14H21ClN4O3. The zero-order valence-corrected chi connectivity index (χ0v) is 13.7. The first kappa shape index (κ1) is 18.2. The fraction of sp³-hybridized carbons (Fsp3) is 0.429. The second-order valence-electron chi connectivity index (χ2n) is 4.66. The molecule has 0 bridgehead atoms. The summed E-state index contributed by atoms with van der Waals surface area (Å²) in [5.41, 5.74) is 6.50. The van der Waals surface area contributed by atoms with E-state index < -0.39 is 0 Å². The van der Waals surface area contributed by atoms with E-state index in [1.54, 1.807) is 14.2 Å². The number of hydrogen-bond acceptors (Lipinski definition) is 7. The fourth-order valence-corrected chi connectivity index (χ4v) is 2.01. The monoisotopic (exact) mass is 328 g/mol. The highest BCUT2D eigenvalue weighted by molar-refractivity contribution is 5.85. The fourth-order valence-electron chi connectivity index (χ4n) is 2.01. The van der Waals surface area contributed by atoms with Gasteiger partial charge < -0.3 is 19.7 Å². The highest BCUT2D eigenvalue weighted by atomic mass is 35.5. The summed E-state index contributed by atoms with van der Waals surface area (Å²) in [6, 6.07) is 5.76. The quantitative estimate of drug-likeness (QED) is 0.826. The van der Waals surface area contributed by atoms with Gasteiger partial charge in [0, 0.05) is 18.2 Å². The standard InChI is InChI=1S/C14H20N4O3.ClH/c1-18(9-13-16-14(7-15)21-17-13)8-10-4-5-11(19-2)6-12(10)20-3;/h4-6H,7-9,15H2,1-3H3;1H. The summed E-state index contributed by atoms with van der Waals surface area (Å²) in [4.78, 5) is 6.25. The van der Waals surface area contributed by atoms with Gasteiger partial charge in [-0.1, -0.05) is 11.2 Å². The maximum atomic E-state index is 5.44. The molecule has 2 aromatic rings. The van der Waals surface area contributed by atoms with Crippen LogP contribution in [0.4, 0.5) is 0 Å². The minimum absolute atomic E-state index is 0. The second kappa shape index (κ2) is 8.57. The smallest absolute Gasteiger partial charge is 0.240 e. The van der Waals surface area contributed by atoms with E-state index in [1.807, 2.05) is 25.2 Å². The summed E-state index contributed by atoms with van der Waals surface area (Å²) in [5.74, 6) is 2.62. The van der Waals surface area contributed by atoms with Crippen LogP contribution in [0.3, 0.4) is 0 Å². The minimum Gasteiger partial charge on any atom is -0.497 e. The second-order valence-corrected chi connectivity index (χ2v) is 4.66. The van der Waals surface area contributed by atoms with Crippen LogP contribution < -0.4 is 15.2 Å². The molecule has 8 heteroatoms. The maximum Gasteiger partial charge on any atom is 0.240 e. The molecule has 7 nitrogen and oxygen atoms in total. The van der Waals surface area contributed by atoms with Crippen LogP contribution in [0.2, 0.25) is 0 Å². The molecule has 2 N–H and O–H groups in total. The Kier molecular flexibility index (Phi) is 7.10. The lowest BCUT2D eigenvalue weighted by molar-refractivity contribution is 0.293. The Morgan fingerprint density at radius 1 is 1.23 bits per heavy atom. The van der Waals surface area contributed by atoms with Crippen LogP contribution in [0.5, 0.6) is 11.5 Å². The largest absolute Gasteiger partial charge is 0.497 e. The van der Waals surface area contributed by atoms with Crippen LogP contribution in [0.1, 0.15) is 17.3 Å². The van der Waals surface area contributed by atoms with E-state index >= 15 is 0 Å². The van der Waals surface area contributed by atoms with Gasteiger partial charge in [0.25, 0.3) is 0 Å². The molecule has 0 aliphatic carbocycles. The molecule has 0 aliphatic heterocycles. The zero-order valence-electron chi connectivity index (χ0n) is 12.9. The van der Waals surface area contributed by atoms with Crippen LogP contribution in [-0.2, 0) is 19.6 Å². The molecule has 0 saturated carbocycles. The molecule has 0 aliphatic rings. The first-order valence-electron chi connectivity index (χ1n) is 6.57. The lowest BCUT2D eigenvalue weighted by atomic mass is 10.2. The van der Waals surface area contributed by atoms with Gasteiger partial charge in [-0.15, -0.1) is 12.4 Å². The van der Waals surface area contributed by atoms with E-state index in [1.165, 1.54) is 0 Å². The van der Waals surface area contributed by atoms with Gasteiger partial charge in [0.1, 0.15) is 11.5 Å². The van der Waals surface area contributed by atoms with Gasteiger partial charge in [0.2, 0.25) is 5.89 Å². The van der Waals surface area contributed by atoms with E-state index in [0.717, 1.165) is 17.1 Å². The molecule has 2 rings (SSSR count). The van der Waals surface area contributed by atoms with Gasteiger partial charge in [-0.25, -0.2) is 0 Å². The van der Waals surface area contributed by atoms with E-state index in [2.05, 4.69) is 15.0 Å². The number of benzene rings is 1. The first-order chi connectivity index (χ1) is 10.2. The molecule has 1 heterocycles. The summed E-state index contributed by atoms with van der Waals surface area (Å²) in [7, 11) is 5.25. The molecule has 122 valence electrons. The van der Waals surface area contributed by atoms with Gasteiger partial charge in [-0.2, -0.15) is 4.98 Å². The lowest BCUT2D eigenvalue weighted by Gasteiger charge is -2.17. The highest BCUT2D eigenvalue weighted by Crippen LogP contribution is 2.25. The SMILES string of the molecule is COc1ccc(CN(C)Cc2noc(CN)n2)c(OC)c1.Cl. The number of halogens is 1. The van der Waals surface area contributed by atoms with E-state index in [9.17, 15) is 0 Å². The van der Waals surface area contributed by atoms with Crippen LogP contribution in [-0.4, -0.2) is 36.3 Å². The topological polar surface area (TPSA) is 86.6 Å². The predicted molar refractivity (Wildman–Crippen MR) is 84.2 cm³/mol. The minimum atomic E-state index is 0. The molecule has 0 radical (unpaired) electrons. The average molecular weight is 329 g/mol. The van der Waals surface area contributed by atoms with Crippen molar-refractivity contribution in [3.8, 4) is 11.5 Å². The molecule has 1 aromatic heterocycles. The van der Waals surface area contributed by atoms with Crippen molar-refractivity contribution < 1.29 is 14.0 Å². The van der Waals surface area contributed by atoms with Crippen molar-refractivity contribution in [2.45, 2.75) is 19.6 Å². The summed E-state index contributed by atoms with van der Waals surface area (Å²) in [5, 5.41) is 3.88. The molecule has 0 unspecified atom stereocenters. The summed E-state index contributed by atoms with van der Waals surface area (Å²) in [6.07, 6.45) is 0. The third kappa shape index (κ3) is 4.59. The van der Waals surface area contributed by atoms with Gasteiger partial charge in [-0.3, -0.25) is 4.90 Å². The Morgan fingerprint density at radius 2 is 2.00 bits per heavy atom. The molecule has 22 heavy (non-hydrogen) atoms. The number of rotatable bonds is 7. The normalized spacial score (nSPS) is 10.4. The van der Waals surface area contributed by atoms with Crippen molar-refractivity contribution in [2.75, 3.05) is 21.3 Å². The number of nitrogens with zero attached hydrogens (tertiary/aromatic N) is 3. The molecule has 0 atom stereocenters. The number of nitrogens with two attached hydrogens (primary N) is 1. The summed E-state index contributed by atoms with van der Waals surface area (Å²) in [6.45, 7) is 1.52. The number of methoxy groups -OCH3 is 2. The summed E-state index contributed by atoms with van der Waals surface area (Å²) < 4.78 is 15.6. The van der Waals surface area contributed by atoms with Crippen LogP contribution in [0.25, 0.3) is 0 Å². The number of aromatic nitrogens is 2. The van der Waals surface area contributed by atoms with Crippen molar-refractivity contribution in [1.82, 2.24) is 15.0 Å². The lowest BCUT2D eigenvalue weighted by Crippen LogP contribution is -2.18. The van der Waals surface area contributed by atoms with E-state index in [-0.39, 0.29) is 19.0 Å². The first-order valence-corrected chi connectivity index (χ1v) is 6.57. The van der Waals surface area contributed by atoms with E-state index in [0.29, 0.717) is 24.8 Å². The highest BCUT2D eigenvalue weighted by Gasteiger charge is 2.11. The van der Waals surface area contributed by atoms with Gasteiger partial charge >= 0.3 is 0 Å². The molecule has 0 fully saturated rings. The van der Waals surface area contributed by atoms with Gasteiger partial charge in [-0.05, 0) is 13.1 Å². The summed E-state index contributed by atoms with van der Waals surface area (Å²) >= 11 is 0. The molecular weight excluding hydrogens is 308 g/mol. The van der Waals surface area contributed by atoms with E-state index in [4.69, 9.17) is 19.7 Å². The Hall–Kier alpha value is -1.83. The molecule has 0 amide bonds. The van der Waals surface area contributed by atoms with Crippen LogP contribution in [0.15, 0.2) is 22.7 Å². The van der Waals surface area contributed by atoms with Crippen molar-refractivity contribution in [3.05, 3.63) is 35.5 Å². The van der Waals surface area contributed by atoms with Crippen molar-refractivity contribution in [1.29, 1.82) is 0 Å². The van der Waals surface area contributed by atoms with Crippen molar-refractivity contribution in [2.24, 2.45) is 5.73 Å². The van der Waals surface area contributed by atoms with Crippen LogP contribution >= 0.6 is 12.4 Å². The maximum absolute atomic E-state index is 5.44. The molecule has 1 aromatic carbocycles. The Bertz CT molecular complexity index is 591. The third-order valence-electron chi connectivity index (χ3n) is 3.03. The Balaban J connectivity index is 0.00000242. The average Bonchev–Trinajstić information content (AvgIpc) is 2.95. The Labute approximate surface area is 135 Å². The molecule has 0 saturated heterocycles. The zero-order chi connectivity index (χ0) is 15.2. The Morgan fingerprint density at radius 3 is 2.59 bits per heavy atom. The van der Waals surface area contributed by atoms with Crippen molar-refractivity contribution >= 4 is 12.4 Å².